The highest BCUT2D eigenvalue weighted by Crippen LogP contribution is 2.34. The Morgan fingerprint density at radius 1 is 1.13 bits per heavy atom. The van der Waals surface area contributed by atoms with E-state index in [4.69, 9.17) is 9.47 Å². The largest absolute Gasteiger partial charge is 0.454 e. The lowest BCUT2D eigenvalue weighted by Gasteiger charge is -2.17. The topological polar surface area (TPSA) is 50.8 Å². The predicted octanol–water partition coefficient (Wildman–Crippen LogP) is 2.97. The van der Waals surface area contributed by atoms with E-state index in [0.717, 1.165) is 22.7 Å². The molecule has 23 heavy (non-hydrogen) atoms. The number of fused-ring (bicyclic) bond motifs is 1. The van der Waals surface area contributed by atoms with Crippen LogP contribution in [0.25, 0.3) is 0 Å². The zero-order valence-electron chi connectivity index (χ0n) is 13.5. The van der Waals surface area contributed by atoms with Crippen LogP contribution in [-0.2, 0) is 0 Å². The summed E-state index contributed by atoms with van der Waals surface area (Å²) in [5, 5.41) is 3.02. The molecule has 1 atom stereocenters. The summed E-state index contributed by atoms with van der Waals surface area (Å²) in [5.41, 5.74) is 2.61. The van der Waals surface area contributed by atoms with E-state index >= 15 is 0 Å². The molecule has 1 aliphatic heterocycles. The standard InChI is InChI=1S/C18H20N2O3/c1-12(13-7-8-16-17(10-13)23-11-22-16)19-18(21)14-5-4-6-15(9-14)20(2)3/h4-10,12H,11H2,1-3H3,(H,19,21). The molecule has 3 rings (SSSR count). The fourth-order valence-electron chi connectivity index (χ4n) is 2.47. The molecule has 1 amide bonds. The summed E-state index contributed by atoms with van der Waals surface area (Å²) in [6.45, 7) is 2.20. The predicted molar refractivity (Wildman–Crippen MR) is 89.2 cm³/mol. The van der Waals surface area contributed by atoms with Gasteiger partial charge in [-0.3, -0.25) is 4.79 Å². The molecule has 1 unspecified atom stereocenters. The van der Waals surface area contributed by atoms with Crippen molar-refractivity contribution in [3.63, 3.8) is 0 Å². The van der Waals surface area contributed by atoms with Gasteiger partial charge < -0.3 is 19.7 Å². The first kappa shape index (κ1) is 15.2. The zero-order valence-corrected chi connectivity index (χ0v) is 13.5. The highest BCUT2D eigenvalue weighted by molar-refractivity contribution is 5.95. The average molecular weight is 312 g/mol. The summed E-state index contributed by atoms with van der Waals surface area (Å²) in [7, 11) is 3.90. The van der Waals surface area contributed by atoms with Gasteiger partial charge in [0.25, 0.3) is 5.91 Å². The number of benzene rings is 2. The summed E-state index contributed by atoms with van der Waals surface area (Å²) in [5.74, 6) is 1.36. The fourth-order valence-corrected chi connectivity index (χ4v) is 2.47. The van der Waals surface area contributed by atoms with Crippen LogP contribution < -0.4 is 19.7 Å². The second-order valence-electron chi connectivity index (χ2n) is 5.75. The molecule has 0 fully saturated rings. The lowest BCUT2D eigenvalue weighted by Crippen LogP contribution is -2.26. The van der Waals surface area contributed by atoms with Gasteiger partial charge in [0.15, 0.2) is 11.5 Å². The Bertz CT molecular complexity index is 728. The fraction of sp³-hybridized carbons (Fsp3) is 0.278. The van der Waals surface area contributed by atoms with Crippen LogP contribution in [0.4, 0.5) is 5.69 Å². The highest BCUT2D eigenvalue weighted by Gasteiger charge is 2.17. The third kappa shape index (κ3) is 3.23. The van der Waals surface area contributed by atoms with Crippen LogP contribution in [0.1, 0.15) is 28.9 Å². The molecule has 0 bridgehead atoms. The number of amides is 1. The van der Waals surface area contributed by atoms with Crippen LogP contribution in [0.5, 0.6) is 11.5 Å². The van der Waals surface area contributed by atoms with E-state index in [2.05, 4.69) is 5.32 Å². The monoisotopic (exact) mass is 312 g/mol. The second kappa shape index (κ2) is 6.20. The van der Waals surface area contributed by atoms with E-state index in [9.17, 15) is 4.79 Å². The SMILES string of the molecule is CC(NC(=O)c1cccc(N(C)C)c1)c1ccc2c(c1)OCO2. The van der Waals surface area contributed by atoms with Gasteiger partial charge in [-0.15, -0.1) is 0 Å². The average Bonchev–Trinajstić information content (AvgIpc) is 3.02. The number of carbonyl (C=O) groups excluding carboxylic acids is 1. The maximum absolute atomic E-state index is 12.5. The number of carbonyl (C=O) groups is 1. The number of nitrogens with one attached hydrogen (secondary N) is 1. The number of ether oxygens (including phenoxy) is 2. The minimum Gasteiger partial charge on any atom is -0.454 e. The number of hydrogen-bond donors (Lipinski definition) is 1. The molecule has 0 radical (unpaired) electrons. The molecule has 0 saturated carbocycles. The van der Waals surface area contributed by atoms with E-state index in [1.807, 2.05) is 68.4 Å². The second-order valence-corrected chi connectivity index (χ2v) is 5.75. The lowest BCUT2D eigenvalue weighted by molar-refractivity contribution is 0.0940. The van der Waals surface area contributed by atoms with Gasteiger partial charge in [0, 0.05) is 25.3 Å². The molecule has 2 aromatic rings. The van der Waals surface area contributed by atoms with E-state index in [0.29, 0.717) is 5.56 Å². The smallest absolute Gasteiger partial charge is 0.251 e. The van der Waals surface area contributed by atoms with Crippen molar-refractivity contribution in [1.29, 1.82) is 0 Å². The first-order valence-electron chi connectivity index (χ1n) is 7.52. The van der Waals surface area contributed by atoms with Gasteiger partial charge in [-0.05, 0) is 42.8 Å². The first-order chi connectivity index (χ1) is 11.0. The van der Waals surface area contributed by atoms with Crippen molar-refractivity contribution in [2.45, 2.75) is 13.0 Å². The molecule has 0 aromatic heterocycles. The molecule has 120 valence electrons. The normalized spacial score (nSPS) is 13.5. The minimum absolute atomic E-state index is 0.0983. The van der Waals surface area contributed by atoms with Gasteiger partial charge in [-0.1, -0.05) is 12.1 Å². The maximum atomic E-state index is 12.5. The number of rotatable bonds is 4. The van der Waals surface area contributed by atoms with Crippen molar-refractivity contribution in [3.8, 4) is 11.5 Å². The van der Waals surface area contributed by atoms with E-state index in [-0.39, 0.29) is 18.7 Å². The molecule has 0 saturated heterocycles. The van der Waals surface area contributed by atoms with E-state index in [1.54, 1.807) is 0 Å². The molecule has 1 heterocycles. The van der Waals surface area contributed by atoms with Crippen molar-refractivity contribution >= 4 is 11.6 Å². The van der Waals surface area contributed by atoms with Crippen LogP contribution >= 0.6 is 0 Å². The van der Waals surface area contributed by atoms with E-state index in [1.165, 1.54) is 0 Å². The van der Waals surface area contributed by atoms with Gasteiger partial charge in [0.2, 0.25) is 6.79 Å². The Hall–Kier alpha value is -2.69. The summed E-state index contributed by atoms with van der Waals surface area (Å²) in [4.78, 5) is 14.4. The number of hydrogen-bond acceptors (Lipinski definition) is 4. The van der Waals surface area contributed by atoms with Crippen LogP contribution in [0.15, 0.2) is 42.5 Å². The van der Waals surface area contributed by atoms with E-state index < -0.39 is 0 Å². The molecule has 0 spiro atoms. The van der Waals surface area contributed by atoms with Gasteiger partial charge in [0.1, 0.15) is 0 Å². The number of anilines is 1. The first-order valence-corrected chi connectivity index (χ1v) is 7.52. The Morgan fingerprint density at radius 3 is 2.70 bits per heavy atom. The van der Waals surface area contributed by atoms with Crippen molar-refractivity contribution in [2.75, 3.05) is 25.8 Å². The molecule has 2 aromatic carbocycles. The summed E-state index contributed by atoms with van der Waals surface area (Å²) in [6.07, 6.45) is 0. The van der Waals surface area contributed by atoms with Crippen LogP contribution in [0.3, 0.4) is 0 Å². The molecular formula is C18H20N2O3. The van der Waals surface area contributed by atoms with Crippen molar-refractivity contribution in [2.24, 2.45) is 0 Å². The minimum atomic E-state index is -0.125. The Labute approximate surface area is 135 Å². The number of nitrogens with zero attached hydrogens (tertiary/aromatic N) is 1. The van der Waals surface area contributed by atoms with Crippen LogP contribution in [-0.4, -0.2) is 26.8 Å². The highest BCUT2D eigenvalue weighted by atomic mass is 16.7. The molecule has 1 N–H and O–H groups in total. The Morgan fingerprint density at radius 2 is 1.91 bits per heavy atom. The molecule has 5 heteroatoms. The van der Waals surface area contributed by atoms with Crippen molar-refractivity contribution in [3.05, 3.63) is 53.6 Å². The molecular weight excluding hydrogens is 292 g/mol. The van der Waals surface area contributed by atoms with Gasteiger partial charge in [-0.25, -0.2) is 0 Å². The Kier molecular flexibility index (Phi) is 4.10. The third-order valence-electron chi connectivity index (χ3n) is 3.87. The zero-order chi connectivity index (χ0) is 16.4. The lowest BCUT2D eigenvalue weighted by atomic mass is 10.1. The van der Waals surface area contributed by atoms with Gasteiger partial charge in [-0.2, -0.15) is 0 Å². The molecule has 5 nitrogen and oxygen atoms in total. The van der Waals surface area contributed by atoms with Gasteiger partial charge >= 0.3 is 0 Å². The molecule has 1 aliphatic rings. The summed E-state index contributed by atoms with van der Waals surface area (Å²) < 4.78 is 10.7. The van der Waals surface area contributed by atoms with Crippen LogP contribution in [0, 0.1) is 0 Å². The third-order valence-corrected chi connectivity index (χ3v) is 3.87. The molecule has 0 aliphatic carbocycles. The Balaban J connectivity index is 1.73. The van der Waals surface area contributed by atoms with Crippen molar-refractivity contribution in [1.82, 2.24) is 5.32 Å². The summed E-state index contributed by atoms with van der Waals surface area (Å²) >= 11 is 0. The van der Waals surface area contributed by atoms with Crippen molar-refractivity contribution < 1.29 is 14.3 Å². The summed E-state index contributed by atoms with van der Waals surface area (Å²) in [6, 6.07) is 13.1. The van der Waals surface area contributed by atoms with Crippen LogP contribution in [0.2, 0.25) is 0 Å². The maximum Gasteiger partial charge on any atom is 0.251 e. The van der Waals surface area contributed by atoms with Gasteiger partial charge in [0.05, 0.1) is 6.04 Å². The quantitative estimate of drug-likeness (QED) is 0.943.